The van der Waals surface area contributed by atoms with Crippen LogP contribution in [0.25, 0.3) is 0 Å². The van der Waals surface area contributed by atoms with Crippen molar-refractivity contribution in [1.29, 1.82) is 0 Å². The molecule has 0 aromatic rings. The molecule has 96 valence electrons. The summed E-state index contributed by atoms with van der Waals surface area (Å²) in [4.78, 5) is 0. The molecule has 0 fully saturated rings. The maximum absolute atomic E-state index is 2.48. The first-order valence-corrected chi connectivity index (χ1v) is 7.84. The first-order valence-electron chi connectivity index (χ1n) is 7.84. The molecule has 0 nitrogen and oxygen atoms in total. The van der Waals surface area contributed by atoms with Gasteiger partial charge in [0.25, 0.3) is 0 Å². The van der Waals surface area contributed by atoms with Gasteiger partial charge in [-0.3, -0.25) is 0 Å². The lowest BCUT2D eigenvalue weighted by Crippen LogP contribution is -2.23. The summed E-state index contributed by atoms with van der Waals surface area (Å²) in [5.74, 6) is 1.57. The molecule has 0 saturated heterocycles. The van der Waals surface area contributed by atoms with Crippen LogP contribution in [0.2, 0.25) is 0 Å². The van der Waals surface area contributed by atoms with E-state index in [9.17, 15) is 0 Å². The lowest BCUT2D eigenvalue weighted by atomic mass is 9.67. The van der Waals surface area contributed by atoms with E-state index < -0.39 is 0 Å². The van der Waals surface area contributed by atoms with Crippen molar-refractivity contribution >= 4 is 0 Å². The minimum Gasteiger partial charge on any atom is -0.0729 e. The molecule has 0 amide bonds. The van der Waals surface area contributed by atoms with Crippen LogP contribution in [0.5, 0.6) is 0 Å². The third kappa shape index (κ3) is 0.820. The summed E-state index contributed by atoms with van der Waals surface area (Å²) in [5.41, 5.74) is 13.9. The Morgan fingerprint density at radius 3 is 2.67 bits per heavy atom. The Kier molecular flexibility index (Phi) is 1.23. The van der Waals surface area contributed by atoms with E-state index in [-0.39, 0.29) is 0 Å². The van der Waals surface area contributed by atoms with Gasteiger partial charge in [-0.1, -0.05) is 48.6 Å². The Balaban J connectivity index is 1.73. The monoisotopic (exact) mass is 264 g/mol. The van der Waals surface area contributed by atoms with E-state index >= 15 is 0 Å². The predicted molar refractivity (Wildman–Crippen MR) is 83.2 cm³/mol. The molecule has 0 radical (unpaired) electrons. The van der Waals surface area contributed by atoms with Gasteiger partial charge in [-0.2, -0.15) is 0 Å². The van der Waals surface area contributed by atoms with Gasteiger partial charge in [0.05, 0.1) is 0 Å². The summed E-state index contributed by atoms with van der Waals surface area (Å²) in [5, 5.41) is 0. The quantitative estimate of drug-likeness (QED) is 0.613. The van der Waals surface area contributed by atoms with Crippen LogP contribution in [-0.4, -0.2) is 0 Å². The summed E-state index contributed by atoms with van der Waals surface area (Å²) in [7, 11) is 0. The lowest BCUT2D eigenvalue weighted by molar-refractivity contribution is 0.777. The largest absolute Gasteiger partial charge is 0.0729 e. The van der Waals surface area contributed by atoms with Crippen LogP contribution >= 0.6 is 0 Å². The van der Waals surface area contributed by atoms with Crippen molar-refractivity contribution in [1.82, 2.24) is 0 Å². The summed E-state index contributed by atoms with van der Waals surface area (Å²) in [6.07, 6.45) is 21.5. The highest BCUT2D eigenvalue weighted by Gasteiger charge is 2.49. The second-order valence-electron chi connectivity index (χ2n) is 6.91. The fourth-order valence-electron chi connectivity index (χ4n) is 5.40. The van der Waals surface area contributed by atoms with E-state index in [1.54, 1.807) is 27.9 Å². The van der Waals surface area contributed by atoms with Gasteiger partial charge in [0.15, 0.2) is 0 Å². The molecule has 7 aliphatic rings. The molecule has 0 aliphatic heterocycles. The van der Waals surface area contributed by atoms with Crippen LogP contribution in [0, 0.1) is 17.8 Å². The highest BCUT2D eigenvalue weighted by molar-refractivity contribution is 5.85. The van der Waals surface area contributed by atoms with Gasteiger partial charge in [-0.05, 0) is 56.2 Å². The van der Waals surface area contributed by atoms with Crippen LogP contribution in [0.4, 0.5) is 0 Å². The van der Waals surface area contributed by atoms with E-state index in [1.807, 2.05) is 0 Å². The van der Waals surface area contributed by atoms with E-state index in [2.05, 4.69) is 54.7 Å². The smallest absolute Gasteiger partial charge is 0.0323 e. The van der Waals surface area contributed by atoms with E-state index in [0.717, 1.165) is 0 Å². The van der Waals surface area contributed by atoms with Gasteiger partial charge in [-0.15, -0.1) is 0 Å². The third-order valence-corrected chi connectivity index (χ3v) is 6.08. The zero-order valence-corrected chi connectivity index (χ0v) is 11.4. The van der Waals surface area contributed by atoms with Crippen molar-refractivity contribution in [3.8, 4) is 0 Å². The zero-order valence-electron chi connectivity index (χ0n) is 11.4. The van der Waals surface area contributed by atoms with Gasteiger partial charge < -0.3 is 0 Å². The second kappa shape index (κ2) is 2.69. The highest BCUT2D eigenvalue weighted by Crippen LogP contribution is 2.63. The van der Waals surface area contributed by atoms with Crippen LogP contribution in [0.3, 0.4) is 0 Å². The van der Waals surface area contributed by atoms with Gasteiger partial charge in [0.1, 0.15) is 0 Å². The number of hydrogen-bond donors (Lipinski definition) is 0. The van der Waals surface area contributed by atoms with Gasteiger partial charge in [-0.25, -0.2) is 0 Å². The molecule has 0 heterocycles. The van der Waals surface area contributed by atoms with Crippen molar-refractivity contribution in [3.63, 3.8) is 0 Å². The summed E-state index contributed by atoms with van der Waals surface area (Å²) < 4.78 is 0. The summed E-state index contributed by atoms with van der Waals surface area (Å²) >= 11 is 0. The van der Waals surface area contributed by atoms with Gasteiger partial charge in [0, 0.05) is 17.8 Å². The molecular weight excluding hydrogens is 252 g/mol. The highest BCUT2D eigenvalue weighted by atomic mass is 14.5. The average Bonchev–Trinajstić information content (AvgIpc) is 3.14. The molecule has 0 bridgehead atoms. The van der Waals surface area contributed by atoms with Crippen molar-refractivity contribution in [3.05, 3.63) is 105 Å². The fourth-order valence-corrected chi connectivity index (χ4v) is 5.40. The lowest BCUT2D eigenvalue weighted by Gasteiger charge is -2.36. The average molecular weight is 264 g/mol. The molecule has 0 heteroatoms. The van der Waals surface area contributed by atoms with E-state index in [1.165, 1.54) is 22.3 Å². The van der Waals surface area contributed by atoms with Gasteiger partial charge in [0.2, 0.25) is 0 Å². The first-order chi connectivity index (χ1) is 10.4. The molecule has 7 aliphatic carbocycles. The predicted octanol–water partition coefficient (Wildman–Crippen LogP) is 4.27. The second-order valence-corrected chi connectivity index (χ2v) is 6.91. The molecule has 3 atom stereocenters. The van der Waals surface area contributed by atoms with Crippen molar-refractivity contribution in [2.24, 2.45) is 17.8 Å². The number of rotatable bonds is 0. The Labute approximate surface area is 123 Å². The minimum atomic E-state index is 0.504. The standard InChI is InChI=1S/C21H12/c1-2-11-8-13-5-6-15-9-14-4-3-12-7-10(1)16-17(11)19(13)21(15)20(14)18(12)16/h1-10,15,18H. The van der Waals surface area contributed by atoms with E-state index in [4.69, 9.17) is 0 Å². The maximum Gasteiger partial charge on any atom is 0.0323 e. The Morgan fingerprint density at radius 1 is 0.714 bits per heavy atom. The zero-order chi connectivity index (χ0) is 13.3. The fraction of sp³-hybridized carbons (Fsp3) is 0.143. The molecule has 0 spiro atoms. The molecular formula is C21H12. The minimum absolute atomic E-state index is 0.504. The topological polar surface area (TPSA) is 0 Å². The Bertz CT molecular complexity index is 973. The van der Waals surface area contributed by atoms with Crippen LogP contribution in [0.15, 0.2) is 105 Å². The van der Waals surface area contributed by atoms with E-state index in [0.29, 0.717) is 17.8 Å². The van der Waals surface area contributed by atoms with Gasteiger partial charge >= 0.3 is 0 Å². The van der Waals surface area contributed by atoms with Crippen molar-refractivity contribution < 1.29 is 0 Å². The number of allylic oxidation sites excluding steroid dienone is 18. The van der Waals surface area contributed by atoms with Crippen molar-refractivity contribution in [2.45, 2.75) is 0 Å². The molecule has 3 unspecified atom stereocenters. The molecule has 7 rings (SSSR count). The molecule has 0 aromatic carbocycles. The molecule has 0 aromatic heterocycles. The van der Waals surface area contributed by atoms with Crippen LogP contribution < -0.4 is 0 Å². The molecule has 0 saturated carbocycles. The molecule has 0 N–H and O–H groups in total. The van der Waals surface area contributed by atoms with Crippen LogP contribution in [-0.2, 0) is 0 Å². The summed E-state index contributed by atoms with van der Waals surface area (Å²) in [6, 6.07) is 0. The SMILES string of the molecule is C1=CC2C=C3C=CC4=CC5C=CC6=C7C(=C2C3C4=C75)C1=C6. The normalized spacial score (nSPS) is 37.7. The first kappa shape index (κ1) is 9.57. The molecule has 21 heavy (non-hydrogen) atoms. The maximum atomic E-state index is 2.48. The Hall–Kier alpha value is -2.34. The Morgan fingerprint density at radius 2 is 1.67 bits per heavy atom. The number of hydrogen-bond acceptors (Lipinski definition) is 0. The van der Waals surface area contributed by atoms with Crippen LogP contribution in [0.1, 0.15) is 0 Å². The van der Waals surface area contributed by atoms with Crippen molar-refractivity contribution in [2.75, 3.05) is 0 Å². The third-order valence-electron chi connectivity index (χ3n) is 6.08. The summed E-state index contributed by atoms with van der Waals surface area (Å²) in [6.45, 7) is 0.